The number of nitrogens with zero attached hydrogens (tertiary/aromatic N) is 3. The van der Waals surface area contributed by atoms with Gasteiger partial charge >= 0.3 is 0 Å². The second-order valence-corrected chi connectivity index (χ2v) is 11.3. The third kappa shape index (κ3) is 6.07. The predicted octanol–water partition coefficient (Wildman–Crippen LogP) is 7.90. The van der Waals surface area contributed by atoms with Gasteiger partial charge in [-0.25, -0.2) is 9.97 Å². The second-order valence-electron chi connectivity index (χ2n) is 10.4. The van der Waals surface area contributed by atoms with Gasteiger partial charge in [0.15, 0.2) is 0 Å². The number of aromatic nitrogens is 2. The minimum atomic E-state index is 0.00938. The van der Waals surface area contributed by atoms with Crippen molar-refractivity contribution in [2.75, 3.05) is 18.4 Å². The summed E-state index contributed by atoms with van der Waals surface area (Å²) in [5.74, 6) is 1.18. The molecule has 2 N–H and O–H groups in total. The maximum Gasteiger partial charge on any atom is 0.137 e. The molecule has 0 atom stereocenters. The molecular formula is C33H30Cl2N4O. The number of aromatic hydroxyl groups is 1. The van der Waals surface area contributed by atoms with Crippen molar-refractivity contribution in [1.82, 2.24) is 14.9 Å². The fraction of sp³-hybridized carbons (Fsp3) is 0.212. The summed E-state index contributed by atoms with van der Waals surface area (Å²) in [7, 11) is 0. The van der Waals surface area contributed by atoms with Crippen LogP contribution in [-0.2, 0) is 6.54 Å². The number of benzene rings is 4. The van der Waals surface area contributed by atoms with Crippen molar-refractivity contribution in [1.29, 1.82) is 0 Å². The van der Waals surface area contributed by atoms with Crippen LogP contribution in [0.15, 0.2) is 97.3 Å². The predicted molar refractivity (Wildman–Crippen MR) is 163 cm³/mol. The normalized spacial score (nSPS) is 14.6. The van der Waals surface area contributed by atoms with Gasteiger partial charge in [0.2, 0.25) is 0 Å². The number of nitrogens with one attached hydrogen (secondary N) is 1. The number of fused-ring (bicyclic) bond motifs is 1. The number of phenols is 1. The van der Waals surface area contributed by atoms with Crippen molar-refractivity contribution in [3.8, 4) is 5.75 Å². The van der Waals surface area contributed by atoms with E-state index in [1.807, 2.05) is 36.4 Å². The van der Waals surface area contributed by atoms with Crippen molar-refractivity contribution in [3.05, 3.63) is 130 Å². The van der Waals surface area contributed by atoms with E-state index in [4.69, 9.17) is 23.2 Å². The Hall–Kier alpha value is -3.64. The van der Waals surface area contributed by atoms with Crippen LogP contribution < -0.4 is 5.32 Å². The highest BCUT2D eigenvalue weighted by Gasteiger charge is 2.22. The molecule has 6 rings (SSSR count). The van der Waals surface area contributed by atoms with E-state index < -0.39 is 0 Å². The Morgan fingerprint density at radius 2 is 1.38 bits per heavy atom. The van der Waals surface area contributed by atoms with Crippen LogP contribution in [0.2, 0.25) is 10.0 Å². The average molecular weight is 570 g/mol. The summed E-state index contributed by atoms with van der Waals surface area (Å²) in [5, 5.41) is 15.7. The summed E-state index contributed by atoms with van der Waals surface area (Å²) >= 11 is 12.4. The molecule has 0 spiro atoms. The van der Waals surface area contributed by atoms with E-state index in [0.29, 0.717) is 21.8 Å². The van der Waals surface area contributed by atoms with Gasteiger partial charge in [-0.05, 0) is 83.6 Å². The van der Waals surface area contributed by atoms with Crippen molar-refractivity contribution in [3.63, 3.8) is 0 Å². The standard InChI is InChI=1S/C33H30Cl2N4O/c34-26-8-3-23(4-9-26)32(24-5-10-27(35)11-6-24)25-7-14-31-30(19-25)33(37-21-36-31)38-28-15-17-39(18-16-28)20-22-1-12-29(40)13-2-22/h1-14,19,21,28,32,40H,15-18,20H2,(H,36,37,38). The van der Waals surface area contributed by atoms with Gasteiger partial charge in [0, 0.05) is 47.0 Å². The topological polar surface area (TPSA) is 61.3 Å². The maximum absolute atomic E-state index is 9.55. The SMILES string of the molecule is Oc1ccc(CN2CCC(Nc3ncnc4ccc(C(c5ccc(Cl)cc5)c5ccc(Cl)cc5)cc34)CC2)cc1. The first-order chi connectivity index (χ1) is 19.5. The summed E-state index contributed by atoms with van der Waals surface area (Å²) in [4.78, 5) is 11.7. The maximum atomic E-state index is 9.55. The Morgan fingerprint density at radius 3 is 2.00 bits per heavy atom. The van der Waals surface area contributed by atoms with Gasteiger partial charge in [-0.3, -0.25) is 4.90 Å². The van der Waals surface area contributed by atoms with Crippen molar-refractivity contribution in [2.45, 2.75) is 31.3 Å². The smallest absolute Gasteiger partial charge is 0.137 e. The summed E-state index contributed by atoms with van der Waals surface area (Å²) in [6.07, 6.45) is 3.70. The first-order valence-corrected chi connectivity index (χ1v) is 14.3. The van der Waals surface area contributed by atoms with Crippen molar-refractivity contribution in [2.24, 2.45) is 0 Å². The molecule has 1 aliphatic rings. The Labute approximate surface area is 244 Å². The molecule has 0 saturated carbocycles. The first kappa shape index (κ1) is 26.6. The Morgan fingerprint density at radius 1 is 0.775 bits per heavy atom. The molecule has 2 heterocycles. The summed E-state index contributed by atoms with van der Waals surface area (Å²) in [6.45, 7) is 2.90. The van der Waals surface area contributed by atoms with Gasteiger partial charge in [0.05, 0.1) is 5.52 Å². The molecule has 5 nitrogen and oxygen atoms in total. The molecule has 1 fully saturated rings. The first-order valence-electron chi connectivity index (χ1n) is 13.5. The zero-order valence-corrected chi connectivity index (χ0v) is 23.5. The third-order valence-corrected chi connectivity index (χ3v) is 8.17. The highest BCUT2D eigenvalue weighted by atomic mass is 35.5. The van der Waals surface area contributed by atoms with E-state index in [1.54, 1.807) is 18.5 Å². The van der Waals surface area contributed by atoms with E-state index in [-0.39, 0.29) is 5.92 Å². The molecule has 0 amide bonds. The van der Waals surface area contributed by atoms with Crippen LogP contribution >= 0.6 is 23.2 Å². The summed E-state index contributed by atoms with van der Waals surface area (Å²) in [5.41, 5.74) is 5.59. The molecule has 40 heavy (non-hydrogen) atoms. The Kier molecular flexibility index (Phi) is 7.87. The number of piperidine rings is 1. The number of hydrogen-bond donors (Lipinski definition) is 2. The molecule has 0 unspecified atom stereocenters. The van der Waals surface area contributed by atoms with E-state index >= 15 is 0 Å². The molecule has 0 aliphatic carbocycles. The quantitative estimate of drug-likeness (QED) is 0.195. The Bertz CT molecular complexity index is 1540. The van der Waals surface area contributed by atoms with Crippen LogP contribution in [0.5, 0.6) is 5.75 Å². The van der Waals surface area contributed by atoms with Crippen LogP contribution in [0.25, 0.3) is 10.9 Å². The largest absolute Gasteiger partial charge is 0.508 e. The second kappa shape index (κ2) is 11.8. The van der Waals surface area contributed by atoms with Gasteiger partial charge in [-0.15, -0.1) is 0 Å². The summed E-state index contributed by atoms with van der Waals surface area (Å²) < 4.78 is 0. The van der Waals surface area contributed by atoms with Crippen LogP contribution in [-0.4, -0.2) is 39.1 Å². The highest BCUT2D eigenvalue weighted by Crippen LogP contribution is 2.35. The molecule has 0 radical (unpaired) electrons. The molecule has 4 aromatic carbocycles. The van der Waals surface area contributed by atoms with Crippen molar-refractivity contribution >= 4 is 39.9 Å². The highest BCUT2D eigenvalue weighted by molar-refractivity contribution is 6.30. The number of anilines is 1. The molecule has 1 aromatic heterocycles. The van der Waals surface area contributed by atoms with E-state index in [0.717, 1.165) is 65.9 Å². The Balaban J connectivity index is 1.24. The lowest BCUT2D eigenvalue weighted by atomic mass is 9.84. The number of hydrogen-bond acceptors (Lipinski definition) is 5. The van der Waals surface area contributed by atoms with Crippen LogP contribution in [0, 0.1) is 0 Å². The van der Waals surface area contributed by atoms with Crippen LogP contribution in [0.4, 0.5) is 5.82 Å². The van der Waals surface area contributed by atoms with Crippen LogP contribution in [0.3, 0.4) is 0 Å². The molecule has 0 bridgehead atoms. The lowest BCUT2D eigenvalue weighted by molar-refractivity contribution is 0.211. The van der Waals surface area contributed by atoms with Crippen molar-refractivity contribution < 1.29 is 5.11 Å². The molecule has 5 aromatic rings. The number of halogens is 2. The van der Waals surface area contributed by atoms with E-state index in [2.05, 4.69) is 62.6 Å². The van der Waals surface area contributed by atoms with Gasteiger partial charge in [-0.2, -0.15) is 0 Å². The molecule has 1 saturated heterocycles. The van der Waals surface area contributed by atoms with Gasteiger partial charge < -0.3 is 10.4 Å². The fourth-order valence-electron chi connectivity index (χ4n) is 5.54. The van der Waals surface area contributed by atoms with Crippen LogP contribution in [0.1, 0.15) is 41.0 Å². The third-order valence-electron chi connectivity index (χ3n) is 7.67. The summed E-state index contributed by atoms with van der Waals surface area (Å²) in [6, 6.07) is 30.3. The number of likely N-dealkylation sites (tertiary alicyclic amines) is 1. The van der Waals surface area contributed by atoms with Gasteiger partial charge in [0.25, 0.3) is 0 Å². The molecular weight excluding hydrogens is 539 g/mol. The minimum absolute atomic E-state index is 0.00938. The minimum Gasteiger partial charge on any atom is -0.508 e. The fourth-order valence-corrected chi connectivity index (χ4v) is 5.80. The number of phenolic OH excluding ortho intramolecular Hbond substituents is 1. The lowest BCUT2D eigenvalue weighted by Crippen LogP contribution is -2.38. The zero-order valence-electron chi connectivity index (χ0n) is 22.0. The molecule has 202 valence electrons. The molecule has 7 heteroatoms. The van der Waals surface area contributed by atoms with Gasteiger partial charge in [0.1, 0.15) is 17.9 Å². The van der Waals surface area contributed by atoms with E-state index in [1.165, 1.54) is 5.56 Å². The van der Waals surface area contributed by atoms with Gasteiger partial charge in [-0.1, -0.05) is 65.7 Å². The zero-order chi connectivity index (χ0) is 27.5. The monoisotopic (exact) mass is 568 g/mol. The average Bonchev–Trinajstić information content (AvgIpc) is 2.98. The lowest BCUT2D eigenvalue weighted by Gasteiger charge is -2.32. The van der Waals surface area contributed by atoms with E-state index in [9.17, 15) is 5.11 Å². The number of rotatable bonds is 7. The molecule has 1 aliphatic heterocycles.